The van der Waals surface area contributed by atoms with E-state index in [4.69, 9.17) is 0 Å². The van der Waals surface area contributed by atoms with Crippen molar-refractivity contribution in [3.63, 3.8) is 0 Å². The molecule has 1 aromatic heterocycles. The van der Waals surface area contributed by atoms with Crippen LogP contribution in [0.4, 0.5) is 8.78 Å². The molecule has 2 heterocycles. The largest absolute Gasteiger partial charge is 0.351 e. The first kappa shape index (κ1) is 14.0. The van der Waals surface area contributed by atoms with E-state index in [0.717, 1.165) is 17.3 Å². The van der Waals surface area contributed by atoms with Crippen LogP contribution in [0, 0.1) is 0 Å². The summed E-state index contributed by atoms with van der Waals surface area (Å²) < 4.78 is 26.3. The van der Waals surface area contributed by atoms with Gasteiger partial charge in [0.15, 0.2) is 0 Å². The van der Waals surface area contributed by atoms with Gasteiger partial charge in [0, 0.05) is 38.3 Å². The molecule has 5 heteroatoms. The van der Waals surface area contributed by atoms with Crippen molar-refractivity contribution in [2.45, 2.75) is 32.1 Å². The predicted octanol–water partition coefficient (Wildman–Crippen LogP) is 3.85. The van der Waals surface area contributed by atoms with Crippen LogP contribution in [0.15, 0.2) is 24.3 Å². The Labute approximate surface area is 123 Å². The van der Waals surface area contributed by atoms with E-state index in [2.05, 4.69) is 11.9 Å². The van der Waals surface area contributed by atoms with Crippen LogP contribution < -0.4 is 0 Å². The van der Waals surface area contributed by atoms with Crippen molar-refractivity contribution in [3.05, 3.63) is 35.5 Å². The maximum absolute atomic E-state index is 13.1. The molecule has 0 saturated carbocycles. The molecule has 1 fully saturated rings. The number of aromatic amines is 1. The van der Waals surface area contributed by atoms with Crippen LogP contribution in [0.5, 0.6) is 0 Å². The van der Waals surface area contributed by atoms with Gasteiger partial charge < -0.3 is 9.88 Å². The van der Waals surface area contributed by atoms with Gasteiger partial charge in [0.25, 0.3) is 11.8 Å². The van der Waals surface area contributed by atoms with Crippen molar-refractivity contribution in [3.8, 4) is 0 Å². The summed E-state index contributed by atoms with van der Waals surface area (Å²) in [7, 11) is 0. The molecule has 0 spiro atoms. The van der Waals surface area contributed by atoms with E-state index < -0.39 is 5.92 Å². The lowest BCUT2D eigenvalue weighted by atomic mass is 10.1. The number of aryl methyl sites for hydroxylation is 1. The smallest absolute Gasteiger partial charge is 0.270 e. The van der Waals surface area contributed by atoms with E-state index in [1.165, 1.54) is 10.5 Å². The van der Waals surface area contributed by atoms with Crippen molar-refractivity contribution in [1.29, 1.82) is 0 Å². The molecular formula is C16H20F2N2O. The maximum Gasteiger partial charge on any atom is 0.270 e. The second-order valence-corrected chi connectivity index (χ2v) is 5.61. The number of nitrogens with one attached hydrogen (secondary N) is 1. The number of hydrogen-bond donors (Lipinski definition) is 1. The molecule has 2 aromatic rings. The Balaban J connectivity index is 0.00000176. The number of likely N-dealkylation sites (tertiary alicyclic amines) is 1. The summed E-state index contributed by atoms with van der Waals surface area (Å²) in [5, 5.41) is 0.970. The van der Waals surface area contributed by atoms with Gasteiger partial charge in [-0.25, -0.2) is 8.78 Å². The van der Waals surface area contributed by atoms with Gasteiger partial charge in [-0.15, -0.1) is 0 Å². The fraction of sp³-hybridized carbons (Fsp3) is 0.438. The molecule has 1 amide bonds. The summed E-state index contributed by atoms with van der Waals surface area (Å²) in [5.41, 5.74) is 2.59. The van der Waals surface area contributed by atoms with Gasteiger partial charge in [0.2, 0.25) is 0 Å². The summed E-state index contributed by atoms with van der Waals surface area (Å²) >= 11 is 0. The van der Waals surface area contributed by atoms with E-state index in [1.54, 1.807) is 6.07 Å². The zero-order valence-electron chi connectivity index (χ0n) is 12.0. The van der Waals surface area contributed by atoms with Crippen LogP contribution >= 0.6 is 0 Å². The van der Waals surface area contributed by atoms with Gasteiger partial charge >= 0.3 is 0 Å². The second-order valence-electron chi connectivity index (χ2n) is 5.61. The molecule has 0 unspecified atom stereocenters. The molecule has 114 valence electrons. The van der Waals surface area contributed by atoms with Crippen molar-refractivity contribution >= 4 is 16.8 Å². The zero-order chi connectivity index (χ0) is 15.0. The molecule has 1 saturated heterocycles. The lowest BCUT2D eigenvalue weighted by molar-refractivity contribution is -0.0495. The molecule has 0 aliphatic carbocycles. The van der Waals surface area contributed by atoms with E-state index in [9.17, 15) is 13.6 Å². The molecule has 3 nitrogen and oxygen atoms in total. The molecule has 3 rings (SSSR count). The first-order valence-corrected chi connectivity index (χ1v) is 7.27. The number of H-pyrrole nitrogens is 1. The number of hydrogen-bond acceptors (Lipinski definition) is 1. The molecule has 1 aliphatic rings. The van der Waals surface area contributed by atoms with Crippen LogP contribution in [0.3, 0.4) is 0 Å². The van der Waals surface area contributed by atoms with Gasteiger partial charge in [0.05, 0.1) is 0 Å². The Hall–Kier alpha value is -1.91. The third-order valence-electron chi connectivity index (χ3n) is 4.11. The summed E-state index contributed by atoms with van der Waals surface area (Å²) in [6, 6.07) is 7.83. The molecule has 0 atom stereocenters. The molecule has 1 aromatic carbocycles. The van der Waals surface area contributed by atoms with E-state index >= 15 is 0 Å². The van der Waals surface area contributed by atoms with Crippen LogP contribution in [0.1, 0.15) is 37.2 Å². The molecule has 1 N–H and O–H groups in total. The lowest BCUT2D eigenvalue weighted by Gasteiger charge is -2.31. The number of piperidine rings is 1. The minimum absolute atomic E-state index is 0. The second kappa shape index (κ2) is 5.13. The number of carbonyl (C=O) groups is 1. The highest BCUT2D eigenvalue weighted by atomic mass is 19.3. The zero-order valence-corrected chi connectivity index (χ0v) is 12.0. The van der Waals surface area contributed by atoms with E-state index in [0.29, 0.717) is 5.69 Å². The SMILES string of the molecule is CCc1ccc2cc(C(=O)N3CCC(F)(F)CC3)[nH]c2c1.[HH]. The average Bonchev–Trinajstić information content (AvgIpc) is 2.89. The fourth-order valence-corrected chi connectivity index (χ4v) is 2.72. The van der Waals surface area contributed by atoms with E-state index in [-0.39, 0.29) is 33.3 Å². The Morgan fingerprint density at radius 1 is 1.33 bits per heavy atom. The minimum Gasteiger partial charge on any atom is -0.351 e. The normalized spacial score (nSPS) is 18.1. The van der Waals surface area contributed by atoms with Gasteiger partial charge in [-0.3, -0.25) is 4.79 Å². The van der Waals surface area contributed by atoms with Gasteiger partial charge in [-0.1, -0.05) is 19.1 Å². The maximum atomic E-state index is 13.1. The van der Waals surface area contributed by atoms with Crippen molar-refractivity contribution in [2.75, 3.05) is 13.1 Å². The molecule has 0 bridgehead atoms. The molecule has 0 radical (unpaired) electrons. The fourth-order valence-electron chi connectivity index (χ4n) is 2.72. The predicted molar refractivity (Wildman–Crippen MR) is 79.9 cm³/mol. The standard InChI is InChI=1S/C16H18F2N2O.H2/c1-2-11-3-4-12-10-14(19-13(12)9-11)15(21)20-7-5-16(17,18)6-8-20;/h3-4,9-10,19H,2,5-8H2,1H3;1H. The van der Waals surface area contributed by atoms with Crippen molar-refractivity contribution in [1.82, 2.24) is 9.88 Å². The highest BCUT2D eigenvalue weighted by Gasteiger charge is 2.36. The third-order valence-corrected chi connectivity index (χ3v) is 4.11. The number of rotatable bonds is 2. The van der Waals surface area contributed by atoms with Crippen LogP contribution in [-0.2, 0) is 6.42 Å². The van der Waals surface area contributed by atoms with Gasteiger partial charge in [-0.05, 0) is 24.1 Å². The topological polar surface area (TPSA) is 36.1 Å². The number of halogens is 2. The van der Waals surface area contributed by atoms with Crippen LogP contribution in [-0.4, -0.2) is 34.8 Å². The van der Waals surface area contributed by atoms with Gasteiger partial charge in [-0.2, -0.15) is 0 Å². The Kier molecular flexibility index (Phi) is 3.43. The highest BCUT2D eigenvalue weighted by Crippen LogP contribution is 2.28. The first-order valence-electron chi connectivity index (χ1n) is 7.27. The summed E-state index contributed by atoms with van der Waals surface area (Å²) in [5.74, 6) is -2.83. The lowest BCUT2D eigenvalue weighted by Crippen LogP contribution is -2.42. The number of alkyl halides is 2. The Bertz CT molecular complexity index is 674. The summed E-state index contributed by atoms with van der Waals surface area (Å²) in [6.07, 6.45) is 0.428. The van der Waals surface area contributed by atoms with Crippen LogP contribution in [0.25, 0.3) is 10.9 Å². The highest BCUT2D eigenvalue weighted by molar-refractivity contribution is 5.98. The Morgan fingerprint density at radius 2 is 2.05 bits per heavy atom. The number of fused-ring (bicyclic) bond motifs is 1. The van der Waals surface area contributed by atoms with Crippen LogP contribution in [0.2, 0.25) is 0 Å². The quantitative estimate of drug-likeness (QED) is 0.897. The summed E-state index contributed by atoms with van der Waals surface area (Å²) in [6.45, 7) is 2.30. The number of nitrogens with zero attached hydrogens (tertiary/aromatic N) is 1. The first-order chi connectivity index (χ1) is 9.98. The monoisotopic (exact) mass is 294 g/mol. The minimum atomic E-state index is -2.63. The molecule has 21 heavy (non-hydrogen) atoms. The number of aromatic nitrogens is 1. The third kappa shape index (κ3) is 2.77. The molecular weight excluding hydrogens is 274 g/mol. The number of carbonyl (C=O) groups excluding carboxylic acids is 1. The van der Waals surface area contributed by atoms with Gasteiger partial charge in [0.1, 0.15) is 5.69 Å². The number of amides is 1. The Morgan fingerprint density at radius 3 is 2.71 bits per heavy atom. The summed E-state index contributed by atoms with van der Waals surface area (Å²) in [4.78, 5) is 17.0. The van der Waals surface area contributed by atoms with E-state index in [1.807, 2.05) is 18.2 Å². The van der Waals surface area contributed by atoms with Crippen molar-refractivity contribution < 1.29 is 15.0 Å². The number of benzene rings is 1. The average molecular weight is 294 g/mol. The van der Waals surface area contributed by atoms with Crippen molar-refractivity contribution in [2.24, 2.45) is 0 Å². The molecule has 1 aliphatic heterocycles.